The summed E-state index contributed by atoms with van der Waals surface area (Å²) in [7, 11) is 0. The van der Waals surface area contributed by atoms with Gasteiger partial charge >= 0.3 is 0 Å². The van der Waals surface area contributed by atoms with Gasteiger partial charge in [0.15, 0.2) is 0 Å². The Balaban J connectivity index is 3.54. The molecule has 0 unspecified atom stereocenters. The van der Waals surface area contributed by atoms with Gasteiger partial charge in [-0.05, 0) is 25.2 Å². The molecular formula is C16H33. The molecule has 97 valence electrons. The van der Waals surface area contributed by atoms with Crippen molar-refractivity contribution in [3.8, 4) is 0 Å². The monoisotopic (exact) mass is 225 g/mol. The van der Waals surface area contributed by atoms with E-state index < -0.39 is 0 Å². The second-order valence-electron chi connectivity index (χ2n) is 5.12. The second kappa shape index (κ2) is 13.1. The van der Waals surface area contributed by atoms with Crippen LogP contribution in [0.2, 0.25) is 0 Å². The third kappa shape index (κ3) is 10.5. The lowest BCUT2D eigenvalue weighted by Crippen LogP contribution is -1.98. The van der Waals surface area contributed by atoms with Crippen molar-refractivity contribution in [1.29, 1.82) is 0 Å². The van der Waals surface area contributed by atoms with Crippen molar-refractivity contribution in [3.63, 3.8) is 0 Å². The van der Waals surface area contributed by atoms with E-state index in [0.717, 1.165) is 0 Å². The van der Waals surface area contributed by atoms with E-state index in [2.05, 4.69) is 20.8 Å². The van der Waals surface area contributed by atoms with Gasteiger partial charge in [0.2, 0.25) is 0 Å². The molecule has 0 aliphatic carbocycles. The van der Waals surface area contributed by atoms with Crippen molar-refractivity contribution in [2.24, 2.45) is 0 Å². The van der Waals surface area contributed by atoms with E-state index >= 15 is 0 Å². The highest BCUT2D eigenvalue weighted by atomic mass is 14.1. The van der Waals surface area contributed by atoms with E-state index in [1.165, 1.54) is 77.0 Å². The second-order valence-corrected chi connectivity index (χ2v) is 5.12. The zero-order valence-corrected chi connectivity index (χ0v) is 12.0. The molecule has 0 spiro atoms. The summed E-state index contributed by atoms with van der Waals surface area (Å²) in [6.07, 6.45) is 16.9. The number of hydrogen-bond acceptors (Lipinski definition) is 0. The van der Waals surface area contributed by atoms with Crippen LogP contribution in [0.3, 0.4) is 0 Å². The number of hydrogen-bond donors (Lipinski definition) is 0. The minimum Gasteiger partial charge on any atom is -0.0654 e. The van der Waals surface area contributed by atoms with Crippen molar-refractivity contribution in [1.82, 2.24) is 0 Å². The first-order valence-electron chi connectivity index (χ1n) is 7.68. The minimum absolute atomic E-state index is 1.35. The van der Waals surface area contributed by atoms with E-state index in [1.807, 2.05) is 5.92 Å². The molecule has 0 amide bonds. The molecule has 0 N–H and O–H groups in total. The molecule has 0 aromatic heterocycles. The van der Waals surface area contributed by atoms with E-state index in [1.54, 1.807) is 0 Å². The van der Waals surface area contributed by atoms with Crippen LogP contribution >= 0.6 is 0 Å². The van der Waals surface area contributed by atoms with Crippen LogP contribution in [0, 0.1) is 5.92 Å². The van der Waals surface area contributed by atoms with Crippen LogP contribution in [-0.4, -0.2) is 0 Å². The molecule has 0 aliphatic rings. The molecule has 0 rings (SSSR count). The molecule has 0 nitrogen and oxygen atoms in total. The Morgan fingerprint density at radius 3 is 1.50 bits per heavy atom. The summed E-state index contributed by atoms with van der Waals surface area (Å²) in [5.41, 5.74) is 0. The first-order valence-corrected chi connectivity index (χ1v) is 7.68. The Morgan fingerprint density at radius 2 is 0.938 bits per heavy atom. The number of rotatable bonds is 12. The normalized spacial score (nSPS) is 11.2. The fraction of sp³-hybridized carbons (Fsp3) is 0.938. The molecule has 0 heteroatoms. The van der Waals surface area contributed by atoms with Crippen LogP contribution in [0.1, 0.15) is 97.8 Å². The Hall–Kier alpha value is 0. The summed E-state index contributed by atoms with van der Waals surface area (Å²) in [5, 5.41) is 0. The van der Waals surface area contributed by atoms with E-state index in [9.17, 15) is 0 Å². The molecule has 0 aliphatic heterocycles. The maximum Gasteiger partial charge on any atom is -0.0241 e. The molecular weight excluding hydrogens is 192 g/mol. The molecule has 1 radical (unpaired) electrons. The first kappa shape index (κ1) is 16.0. The smallest absolute Gasteiger partial charge is 0.0241 e. The third-order valence-corrected chi connectivity index (χ3v) is 3.40. The van der Waals surface area contributed by atoms with Gasteiger partial charge in [-0.15, -0.1) is 0 Å². The molecule has 0 heterocycles. The van der Waals surface area contributed by atoms with Crippen LogP contribution in [0.5, 0.6) is 0 Å². The Bertz CT molecular complexity index is 117. The van der Waals surface area contributed by atoms with Gasteiger partial charge in [-0.3, -0.25) is 0 Å². The van der Waals surface area contributed by atoms with Gasteiger partial charge in [-0.1, -0.05) is 78.6 Å². The minimum atomic E-state index is 1.35. The van der Waals surface area contributed by atoms with Crippen LogP contribution in [0.4, 0.5) is 0 Å². The summed E-state index contributed by atoms with van der Waals surface area (Å²) < 4.78 is 0. The summed E-state index contributed by atoms with van der Waals surface area (Å²) in [5.74, 6) is 1.87. The highest BCUT2D eigenvalue weighted by Crippen LogP contribution is 2.25. The molecule has 0 saturated carbocycles. The van der Waals surface area contributed by atoms with Crippen LogP contribution in [0.15, 0.2) is 0 Å². The zero-order chi connectivity index (χ0) is 12.1. The average molecular weight is 225 g/mol. The third-order valence-electron chi connectivity index (χ3n) is 3.40. The predicted molar refractivity (Wildman–Crippen MR) is 75.7 cm³/mol. The molecule has 16 heavy (non-hydrogen) atoms. The zero-order valence-electron chi connectivity index (χ0n) is 12.0. The van der Waals surface area contributed by atoms with Gasteiger partial charge in [0.05, 0.1) is 0 Å². The predicted octanol–water partition coefficient (Wildman–Crippen LogP) is 6.30. The summed E-state index contributed by atoms with van der Waals surface area (Å²) >= 11 is 0. The molecule has 0 aromatic carbocycles. The molecule has 0 aromatic rings. The van der Waals surface area contributed by atoms with Crippen LogP contribution < -0.4 is 0 Å². The lowest BCUT2D eigenvalue weighted by Gasteiger charge is -2.15. The molecule has 0 fully saturated rings. The van der Waals surface area contributed by atoms with Crippen molar-refractivity contribution in [3.05, 3.63) is 5.92 Å². The topological polar surface area (TPSA) is 0 Å². The van der Waals surface area contributed by atoms with E-state index in [0.29, 0.717) is 0 Å². The summed E-state index contributed by atoms with van der Waals surface area (Å²) in [6.45, 7) is 6.90. The maximum absolute atomic E-state index is 2.31. The average Bonchev–Trinajstić information content (AvgIpc) is 2.31. The lowest BCUT2D eigenvalue weighted by molar-refractivity contribution is 0.544. The van der Waals surface area contributed by atoms with Gasteiger partial charge in [0.1, 0.15) is 0 Å². The van der Waals surface area contributed by atoms with E-state index in [-0.39, 0.29) is 0 Å². The van der Waals surface area contributed by atoms with Gasteiger partial charge in [-0.2, -0.15) is 0 Å². The highest BCUT2D eigenvalue weighted by molar-refractivity contribution is 4.88. The Morgan fingerprint density at radius 1 is 0.500 bits per heavy atom. The molecule has 0 atom stereocenters. The van der Waals surface area contributed by atoms with E-state index in [4.69, 9.17) is 0 Å². The Kier molecular flexibility index (Phi) is 13.1. The van der Waals surface area contributed by atoms with Gasteiger partial charge < -0.3 is 0 Å². The van der Waals surface area contributed by atoms with Gasteiger partial charge in [0.25, 0.3) is 0 Å². The lowest BCUT2D eigenvalue weighted by atomic mass is 9.90. The maximum atomic E-state index is 2.31. The van der Waals surface area contributed by atoms with Crippen molar-refractivity contribution < 1.29 is 0 Å². The standard InChI is InChI=1S/C16H33/c1-4-7-10-12-15-16(13-9-6-3)14-11-8-5-2/h4-15H2,1-3H3. The highest BCUT2D eigenvalue weighted by Gasteiger charge is 2.08. The molecule has 0 saturated heterocycles. The molecule has 0 bridgehead atoms. The number of unbranched alkanes of at least 4 members (excludes halogenated alkanes) is 6. The quantitative estimate of drug-likeness (QED) is 0.342. The fourth-order valence-electron chi connectivity index (χ4n) is 2.23. The Labute approximate surface area is 104 Å². The van der Waals surface area contributed by atoms with Crippen molar-refractivity contribution >= 4 is 0 Å². The SMILES string of the molecule is CCCCCC[C](CCCC)CCCCC. The first-order chi connectivity index (χ1) is 7.85. The van der Waals surface area contributed by atoms with Crippen LogP contribution in [0.25, 0.3) is 0 Å². The van der Waals surface area contributed by atoms with Gasteiger partial charge in [0, 0.05) is 0 Å². The fourth-order valence-corrected chi connectivity index (χ4v) is 2.23. The largest absolute Gasteiger partial charge is 0.0654 e. The summed E-state index contributed by atoms with van der Waals surface area (Å²) in [4.78, 5) is 0. The van der Waals surface area contributed by atoms with Crippen molar-refractivity contribution in [2.75, 3.05) is 0 Å². The summed E-state index contributed by atoms with van der Waals surface area (Å²) in [6, 6.07) is 0. The van der Waals surface area contributed by atoms with Crippen LogP contribution in [-0.2, 0) is 0 Å². The van der Waals surface area contributed by atoms with Crippen molar-refractivity contribution in [2.45, 2.75) is 97.8 Å². The van der Waals surface area contributed by atoms with Gasteiger partial charge in [-0.25, -0.2) is 0 Å².